The minimum absolute atomic E-state index is 0. The maximum absolute atomic E-state index is 12.9. The van der Waals surface area contributed by atoms with Crippen LogP contribution in [0.15, 0.2) is 35.3 Å². The Bertz CT molecular complexity index is 2450. The number of hydrogen-bond acceptors (Lipinski definition) is 28. The van der Waals surface area contributed by atoms with E-state index < -0.39 is 153 Å². The Morgan fingerprint density at radius 3 is 1.82 bits per heavy atom. The van der Waals surface area contributed by atoms with E-state index in [1.54, 1.807) is 12.1 Å². The van der Waals surface area contributed by atoms with Crippen molar-refractivity contribution >= 4 is 40.6 Å². The van der Waals surface area contributed by atoms with Gasteiger partial charge in [0.15, 0.2) is 36.3 Å². The zero-order valence-electron chi connectivity index (χ0n) is 41.5. The molecule has 2 aromatic heterocycles. The molecule has 32 heteroatoms. The topological polar surface area (TPSA) is 507 Å². The zero-order chi connectivity index (χ0) is 56.2. The number of nitrogens with zero attached hydrogens (tertiary/aromatic N) is 3. The predicted molar refractivity (Wildman–Crippen MR) is 263 cm³/mol. The van der Waals surface area contributed by atoms with Crippen LogP contribution in [0.5, 0.6) is 0 Å². The van der Waals surface area contributed by atoms with E-state index in [9.17, 15) is 75.3 Å². The molecule has 6 heterocycles. The second-order valence-corrected chi connectivity index (χ2v) is 18.3. The number of H-pyrrole nitrogens is 1. The van der Waals surface area contributed by atoms with Crippen LogP contribution >= 0.6 is 0 Å². The summed E-state index contributed by atoms with van der Waals surface area (Å²) < 4.78 is 42.8. The molecule has 0 spiro atoms. The first-order chi connectivity index (χ1) is 36.7. The summed E-state index contributed by atoms with van der Waals surface area (Å²) in [4.78, 5) is 64.1. The number of ether oxygens (including phenoxy) is 8. The molecule has 4 aliphatic heterocycles. The lowest BCUT2D eigenvalue weighted by molar-refractivity contribution is -0.346. The van der Waals surface area contributed by atoms with Crippen LogP contribution in [0.3, 0.4) is 0 Å². The predicted octanol–water partition coefficient (Wildman–Crippen LogP) is -6.82. The van der Waals surface area contributed by atoms with Crippen molar-refractivity contribution in [2.24, 2.45) is 5.73 Å². The van der Waals surface area contributed by atoms with E-state index in [4.69, 9.17) is 49.4 Å². The molecule has 7 rings (SSSR count). The number of aliphatic hydroxyl groups is 10. The molecule has 1 aromatic carbocycles. The number of hydrogen-bond donors (Lipinski definition) is 17. The Labute approximate surface area is 444 Å². The molecule has 19 atom stereocenters. The first-order valence-electron chi connectivity index (χ1n) is 24.2. The third-order valence-corrected chi connectivity index (χ3v) is 12.9. The number of aromatic nitrogens is 4. The van der Waals surface area contributed by atoms with Crippen LogP contribution in [0.25, 0.3) is 11.2 Å². The number of carboxylic acid groups (broad SMARTS) is 1. The first kappa shape index (κ1) is 63.5. The van der Waals surface area contributed by atoms with Crippen molar-refractivity contribution in [1.29, 1.82) is 0 Å². The van der Waals surface area contributed by atoms with Crippen LogP contribution in [0.2, 0.25) is 0 Å². The maximum atomic E-state index is 12.9. The van der Waals surface area contributed by atoms with Crippen LogP contribution in [0.4, 0.5) is 11.6 Å². The Kier molecular flexibility index (Phi) is 23.8. The monoisotopic (exact) mass is 1120 g/mol. The molecule has 32 nitrogen and oxygen atoms in total. The van der Waals surface area contributed by atoms with Gasteiger partial charge in [0.05, 0.1) is 56.1 Å². The molecule has 4 aliphatic rings. The van der Waals surface area contributed by atoms with Gasteiger partial charge in [-0.25, -0.2) is 14.8 Å². The van der Waals surface area contributed by atoms with Gasteiger partial charge in [-0.3, -0.25) is 19.4 Å². The van der Waals surface area contributed by atoms with Crippen molar-refractivity contribution in [2.45, 2.75) is 156 Å². The van der Waals surface area contributed by atoms with Gasteiger partial charge in [-0.2, -0.15) is 4.98 Å². The van der Waals surface area contributed by atoms with E-state index >= 15 is 0 Å². The van der Waals surface area contributed by atoms with Gasteiger partial charge < -0.3 is 121 Å². The highest BCUT2D eigenvalue weighted by molar-refractivity contribution is 5.97. The number of nitrogens with one attached hydrogen (secondary N) is 4. The van der Waals surface area contributed by atoms with Crippen molar-refractivity contribution in [2.75, 3.05) is 51.6 Å². The number of anilines is 2. The fourth-order valence-corrected chi connectivity index (χ4v) is 8.56. The van der Waals surface area contributed by atoms with Crippen molar-refractivity contribution in [1.82, 2.24) is 30.6 Å². The molecular weight excluding hydrogens is 1050 g/mol. The summed E-state index contributed by atoms with van der Waals surface area (Å²) in [6, 6.07) is 4.67. The second-order valence-electron chi connectivity index (χ2n) is 18.3. The summed E-state index contributed by atoms with van der Waals surface area (Å²) in [6.07, 6.45) is -22.0. The number of rotatable bonds is 20. The molecule has 438 valence electrons. The van der Waals surface area contributed by atoms with Crippen LogP contribution < -0.4 is 33.0 Å². The molecule has 9 unspecified atom stereocenters. The van der Waals surface area contributed by atoms with Gasteiger partial charge in [0.1, 0.15) is 67.1 Å². The number of aromatic amines is 1. The minimum atomic E-state index is -1.62. The number of aliphatic carboxylic acids is 1. The van der Waals surface area contributed by atoms with Gasteiger partial charge in [0, 0.05) is 57.8 Å². The number of carbonyl (C=O) groups excluding carboxylic acids is 2. The van der Waals surface area contributed by atoms with Crippen LogP contribution in [-0.4, -0.2) is 251 Å². The lowest BCUT2D eigenvalue weighted by Crippen LogP contribution is -2.62. The summed E-state index contributed by atoms with van der Waals surface area (Å²) in [5, 5.41) is 118. The van der Waals surface area contributed by atoms with Gasteiger partial charge in [0.2, 0.25) is 11.9 Å². The Balaban J connectivity index is 0.000000390. The molecule has 4 fully saturated rings. The summed E-state index contributed by atoms with van der Waals surface area (Å²) in [7, 11) is 2.51. The van der Waals surface area contributed by atoms with E-state index in [1.165, 1.54) is 32.5 Å². The van der Waals surface area contributed by atoms with Gasteiger partial charge in [0.25, 0.3) is 11.5 Å². The molecule has 78 heavy (non-hydrogen) atoms. The fourth-order valence-electron chi connectivity index (χ4n) is 8.56. The number of methoxy groups -OCH3 is 2. The average molecular weight is 1120 g/mol. The Morgan fingerprint density at radius 2 is 1.31 bits per heavy atom. The van der Waals surface area contributed by atoms with E-state index in [0.717, 1.165) is 0 Å². The zero-order valence-corrected chi connectivity index (χ0v) is 41.5. The van der Waals surface area contributed by atoms with E-state index in [-0.39, 0.29) is 75.4 Å². The largest absolute Gasteiger partial charge is 0.480 e. The number of carbonyl (C=O) groups is 3. The van der Waals surface area contributed by atoms with E-state index in [2.05, 4.69) is 35.9 Å². The molecule has 0 radical (unpaired) electrons. The van der Waals surface area contributed by atoms with Crippen molar-refractivity contribution in [3.8, 4) is 0 Å². The molecule has 2 amide bonds. The van der Waals surface area contributed by atoms with Gasteiger partial charge in [-0.15, -0.1) is 0 Å². The smallest absolute Gasteiger partial charge is 0.326 e. The normalized spacial score (nSPS) is 33.3. The molecule has 4 saturated heterocycles. The summed E-state index contributed by atoms with van der Waals surface area (Å²) >= 11 is 0. The third-order valence-electron chi connectivity index (χ3n) is 12.9. The van der Waals surface area contributed by atoms with Crippen LogP contribution in [0.1, 0.15) is 49.2 Å². The van der Waals surface area contributed by atoms with Crippen LogP contribution in [-0.2, 0) is 54.0 Å². The van der Waals surface area contributed by atoms with Crippen LogP contribution in [0, 0.1) is 0 Å². The lowest BCUT2D eigenvalue weighted by Gasteiger charge is -2.45. The number of amides is 2. The number of carboxylic acids is 1. The summed E-state index contributed by atoms with van der Waals surface area (Å²) in [5.41, 5.74) is 11.8. The number of fused-ring (bicyclic) bond motifs is 1. The molecule has 0 bridgehead atoms. The molecular formula is C46H71N9O23. The highest BCUT2D eigenvalue weighted by atomic mass is 16.7. The SMILES string of the molecule is C.CO[C@H]1OC(CO)[C@@H](O[C@H]2OC(CN)C[C@H](O)C2O)[C@H](O)C1O.CO[C@H]1OC(CO)[C@@H](O[C@H]2OC(CNC(=O)CCC(NC(=O)c3ccc(NCc4cnc5nc(N)[nH]c(=O)c5n4)cc3)C(=O)O)C[C@H](O)C2O)[C@H](O)C1O. The van der Waals surface area contributed by atoms with Crippen molar-refractivity contribution in [3.63, 3.8) is 0 Å². The Morgan fingerprint density at radius 1 is 0.769 bits per heavy atom. The highest BCUT2D eigenvalue weighted by Gasteiger charge is 2.50. The van der Waals surface area contributed by atoms with Gasteiger partial charge >= 0.3 is 5.97 Å². The van der Waals surface area contributed by atoms with E-state index in [1.807, 2.05) is 0 Å². The highest BCUT2D eigenvalue weighted by Crippen LogP contribution is 2.31. The van der Waals surface area contributed by atoms with E-state index in [0.29, 0.717) is 11.4 Å². The first-order valence-corrected chi connectivity index (χ1v) is 24.2. The molecule has 0 aliphatic carbocycles. The average Bonchev–Trinajstić information content (AvgIpc) is 3.44. The third kappa shape index (κ3) is 16.0. The number of nitrogen functional groups attached to an aromatic ring is 1. The molecule has 0 saturated carbocycles. The van der Waals surface area contributed by atoms with Gasteiger partial charge in [-0.05, 0) is 30.7 Å². The summed E-state index contributed by atoms with van der Waals surface area (Å²) in [6.45, 7) is -1.06. The van der Waals surface area contributed by atoms with Crippen molar-refractivity contribution in [3.05, 3.63) is 52.1 Å². The van der Waals surface area contributed by atoms with Gasteiger partial charge in [-0.1, -0.05) is 7.43 Å². The number of aliphatic hydroxyl groups excluding tert-OH is 10. The molecule has 19 N–H and O–H groups in total. The minimum Gasteiger partial charge on any atom is -0.480 e. The number of nitrogens with two attached hydrogens (primary N) is 2. The van der Waals surface area contributed by atoms with Crippen molar-refractivity contribution < 1.29 is 108 Å². The fraction of sp³-hybridized carbons (Fsp3) is 0.674. The summed E-state index contributed by atoms with van der Waals surface area (Å²) in [5.74, 6) is -2.74. The number of benzene rings is 1. The molecule has 3 aromatic rings. The maximum Gasteiger partial charge on any atom is 0.326 e. The standard InChI is InChI=1S/C32H42N8O14.C13H25NO9.CH4/c1-51-30-24(46)23(45)25(19(12-41)53-30)54-31-22(44)18(42)8-16(52-31)11-35-20(43)7-6-17(29(49)50)38-27(47)13-2-4-14(5-3-13)34-9-15-10-36-26-21(37-15)28(48)40-32(33)39-26;1-20-12-10(19)9(18)11(7(4-15)22-12)23-13-8(17)6(16)2-5(3-14)21-13;/h2-5,10,16-19,22-25,30-31,34,41-42,44-46H,6-9,11-12H2,1H3,(H,35,43)(H,38,47)(H,49,50)(H3,33,36,39,40,48);5-13,15-19H,2-4,14H2,1H3;1H4/t16?,17?,18-,19?,22?,23+,24?,25+,30-,31+;5?,6-,7?,8?,9+,10?,11+,12-,13+;/m00./s1. The Hall–Kier alpha value is -5.31. The second kappa shape index (κ2) is 29.2. The quantitative estimate of drug-likeness (QED) is 0.0500. The lowest BCUT2D eigenvalue weighted by atomic mass is 9.98.